The fraction of sp³-hybridized carbons (Fsp3) is 0.455. The smallest absolute Gasteiger partial charge is 0.405 e. The molecule has 38 heavy (non-hydrogen) atoms. The van der Waals surface area contributed by atoms with Crippen molar-refractivity contribution in [3.63, 3.8) is 0 Å². The van der Waals surface area contributed by atoms with Gasteiger partial charge >= 0.3 is 6.18 Å². The number of hydrogen-bond acceptors (Lipinski definition) is 9. The van der Waals surface area contributed by atoms with Gasteiger partial charge in [0.05, 0.1) is 10.0 Å². The molecule has 0 aliphatic carbocycles. The highest BCUT2D eigenvalue weighted by Gasteiger charge is 2.43. The average Bonchev–Trinajstić information content (AvgIpc) is 3.49. The van der Waals surface area contributed by atoms with E-state index in [1.54, 1.807) is 37.2 Å². The lowest BCUT2D eigenvalue weighted by molar-refractivity contribution is -0.155. The van der Waals surface area contributed by atoms with E-state index in [2.05, 4.69) is 20.5 Å². The Balaban J connectivity index is 1.57. The molecule has 0 bridgehead atoms. The maximum atomic E-state index is 13.6. The van der Waals surface area contributed by atoms with Crippen LogP contribution in [0.4, 0.5) is 24.9 Å². The van der Waals surface area contributed by atoms with Crippen molar-refractivity contribution in [3.8, 4) is 11.5 Å². The van der Waals surface area contributed by atoms with E-state index in [4.69, 9.17) is 32.4 Å². The van der Waals surface area contributed by atoms with Gasteiger partial charge in [-0.15, -0.1) is 10.2 Å². The number of piperazine rings is 1. The number of benzene rings is 1. The zero-order chi connectivity index (χ0) is 27.2. The average molecular weight is 575 g/mol. The Labute approximate surface area is 225 Å². The molecule has 11 nitrogen and oxygen atoms in total. The summed E-state index contributed by atoms with van der Waals surface area (Å²) in [6.07, 6.45) is -4.45. The van der Waals surface area contributed by atoms with E-state index in [0.29, 0.717) is 15.6 Å². The van der Waals surface area contributed by atoms with Gasteiger partial charge < -0.3 is 29.2 Å². The molecule has 3 aromatic rings. The van der Waals surface area contributed by atoms with Crippen molar-refractivity contribution in [2.45, 2.75) is 18.8 Å². The summed E-state index contributed by atoms with van der Waals surface area (Å²) in [5.74, 6) is 0.304. The SMILES string of the molecule is CN1COCN(C)c2nc(N3CCNC(C(F)(F)F)C3)n(Cc3nnc(-c4ccc(Cl)c(Cl)c4)o3)c2C1=O. The molecule has 1 aromatic carbocycles. The number of carbonyl (C=O) groups excluding carboxylic acids is 1. The minimum Gasteiger partial charge on any atom is -0.419 e. The summed E-state index contributed by atoms with van der Waals surface area (Å²) in [6.45, 7) is -0.0325. The fourth-order valence-corrected chi connectivity index (χ4v) is 4.56. The topological polar surface area (TPSA) is 105 Å². The summed E-state index contributed by atoms with van der Waals surface area (Å²) in [5.41, 5.74) is 0.701. The van der Waals surface area contributed by atoms with Crippen LogP contribution in [-0.2, 0) is 11.3 Å². The number of alkyl halides is 3. The summed E-state index contributed by atoms with van der Waals surface area (Å²) in [7, 11) is 3.25. The zero-order valence-corrected chi connectivity index (χ0v) is 21.8. The number of fused-ring (bicyclic) bond motifs is 1. The van der Waals surface area contributed by atoms with Crippen LogP contribution in [0.15, 0.2) is 22.6 Å². The first-order chi connectivity index (χ1) is 18.0. The maximum Gasteiger partial charge on any atom is 0.405 e. The van der Waals surface area contributed by atoms with Crippen LogP contribution >= 0.6 is 23.2 Å². The van der Waals surface area contributed by atoms with E-state index in [1.165, 1.54) is 14.4 Å². The van der Waals surface area contributed by atoms with Crippen molar-refractivity contribution in [2.24, 2.45) is 0 Å². The number of nitrogens with one attached hydrogen (secondary N) is 1. The second-order valence-electron chi connectivity index (χ2n) is 8.96. The van der Waals surface area contributed by atoms with Gasteiger partial charge in [-0.25, -0.2) is 0 Å². The molecule has 0 spiro atoms. The molecule has 1 unspecified atom stereocenters. The number of aromatic nitrogens is 4. The lowest BCUT2D eigenvalue weighted by atomic mass is 10.2. The molecule has 0 saturated carbocycles. The second kappa shape index (κ2) is 10.2. The van der Waals surface area contributed by atoms with Crippen LogP contribution in [0.3, 0.4) is 0 Å². The van der Waals surface area contributed by atoms with Crippen LogP contribution in [0.1, 0.15) is 16.4 Å². The zero-order valence-electron chi connectivity index (χ0n) is 20.3. The fourth-order valence-electron chi connectivity index (χ4n) is 4.26. The highest BCUT2D eigenvalue weighted by Crippen LogP contribution is 2.33. The monoisotopic (exact) mass is 574 g/mol. The van der Waals surface area contributed by atoms with Crippen LogP contribution < -0.4 is 15.1 Å². The van der Waals surface area contributed by atoms with Gasteiger partial charge in [0.2, 0.25) is 17.7 Å². The highest BCUT2D eigenvalue weighted by molar-refractivity contribution is 6.42. The minimum absolute atomic E-state index is 0.0228. The Bertz CT molecular complexity index is 1350. The molecule has 1 atom stereocenters. The summed E-state index contributed by atoms with van der Waals surface area (Å²) in [4.78, 5) is 22.5. The van der Waals surface area contributed by atoms with Gasteiger partial charge in [0.25, 0.3) is 5.91 Å². The molecule has 2 aliphatic heterocycles. The van der Waals surface area contributed by atoms with E-state index in [-0.39, 0.29) is 68.9 Å². The lowest BCUT2D eigenvalue weighted by Crippen LogP contribution is -2.57. The molecular formula is C22H23Cl2F3N8O3. The Morgan fingerprint density at radius 3 is 2.63 bits per heavy atom. The van der Waals surface area contributed by atoms with Crippen molar-refractivity contribution >= 4 is 40.9 Å². The van der Waals surface area contributed by atoms with E-state index in [9.17, 15) is 18.0 Å². The number of hydrogen-bond donors (Lipinski definition) is 1. The summed E-state index contributed by atoms with van der Waals surface area (Å²) in [5, 5.41) is 11.3. The van der Waals surface area contributed by atoms with Crippen LogP contribution in [0, 0.1) is 0 Å². The molecule has 1 amide bonds. The quantitative estimate of drug-likeness (QED) is 0.503. The van der Waals surface area contributed by atoms with Crippen LogP contribution in [0.2, 0.25) is 10.0 Å². The minimum atomic E-state index is -4.45. The number of imidazole rings is 1. The van der Waals surface area contributed by atoms with E-state index >= 15 is 0 Å². The molecule has 16 heteroatoms. The van der Waals surface area contributed by atoms with Crippen LogP contribution in [-0.4, -0.2) is 90.0 Å². The first kappa shape index (κ1) is 26.5. The number of carbonyl (C=O) groups is 1. The molecule has 1 fully saturated rings. The largest absolute Gasteiger partial charge is 0.419 e. The predicted molar refractivity (Wildman–Crippen MR) is 132 cm³/mol. The molecule has 5 rings (SSSR count). The summed E-state index contributed by atoms with van der Waals surface area (Å²) < 4.78 is 53.5. The molecule has 0 radical (unpaired) electrons. The molecule has 2 aromatic heterocycles. The first-order valence-corrected chi connectivity index (χ1v) is 12.3. The number of amides is 1. The number of rotatable bonds is 4. The molecule has 1 N–H and O–H groups in total. The van der Waals surface area contributed by atoms with Gasteiger partial charge in [-0.3, -0.25) is 9.36 Å². The Morgan fingerprint density at radius 2 is 1.89 bits per heavy atom. The third-order valence-electron chi connectivity index (χ3n) is 6.19. The second-order valence-corrected chi connectivity index (χ2v) is 9.77. The van der Waals surface area contributed by atoms with Gasteiger partial charge in [0.1, 0.15) is 26.0 Å². The normalized spacial score (nSPS) is 19.0. The van der Waals surface area contributed by atoms with E-state index in [1.807, 2.05) is 0 Å². The van der Waals surface area contributed by atoms with Gasteiger partial charge in [0, 0.05) is 39.3 Å². The van der Waals surface area contributed by atoms with Gasteiger partial charge in [-0.2, -0.15) is 18.2 Å². The van der Waals surface area contributed by atoms with Crippen molar-refractivity contribution in [1.29, 1.82) is 0 Å². The van der Waals surface area contributed by atoms with Gasteiger partial charge in [-0.05, 0) is 18.2 Å². The third kappa shape index (κ3) is 5.13. The Morgan fingerprint density at radius 1 is 1.13 bits per heavy atom. The number of ether oxygens (including phenoxy) is 1. The van der Waals surface area contributed by atoms with Crippen molar-refractivity contribution < 1.29 is 27.1 Å². The third-order valence-corrected chi connectivity index (χ3v) is 6.93. The predicted octanol–water partition coefficient (Wildman–Crippen LogP) is 3.08. The van der Waals surface area contributed by atoms with E-state index < -0.39 is 18.1 Å². The van der Waals surface area contributed by atoms with Crippen LogP contribution in [0.25, 0.3) is 11.5 Å². The van der Waals surface area contributed by atoms with Crippen molar-refractivity contribution in [2.75, 3.05) is 57.0 Å². The Kier molecular flexibility index (Phi) is 7.15. The molecular weight excluding hydrogens is 552 g/mol. The highest BCUT2D eigenvalue weighted by atomic mass is 35.5. The molecule has 2 aliphatic rings. The maximum absolute atomic E-state index is 13.6. The van der Waals surface area contributed by atoms with E-state index in [0.717, 1.165) is 0 Å². The molecule has 4 heterocycles. The van der Waals surface area contributed by atoms with Gasteiger partial charge in [-0.1, -0.05) is 23.2 Å². The summed E-state index contributed by atoms with van der Waals surface area (Å²) in [6, 6.07) is 3.07. The lowest BCUT2D eigenvalue weighted by Gasteiger charge is -2.35. The van der Waals surface area contributed by atoms with Gasteiger partial charge in [0.15, 0.2) is 11.5 Å². The molecule has 1 saturated heterocycles. The number of anilines is 2. The number of nitrogens with zero attached hydrogens (tertiary/aromatic N) is 7. The summed E-state index contributed by atoms with van der Waals surface area (Å²) >= 11 is 12.1. The Hall–Kier alpha value is -3.07. The van der Waals surface area contributed by atoms with Crippen LogP contribution in [0.5, 0.6) is 0 Å². The van der Waals surface area contributed by atoms with Crippen molar-refractivity contribution in [3.05, 3.63) is 39.8 Å². The standard InChI is InChI=1S/C22H23Cl2F3N8O3/c1-32-10-37-11-33(2)20(36)17-18(32)29-21(34-6-5-28-15(8-34)22(25,26)27)35(17)9-16-30-31-19(38-16)12-3-4-13(23)14(24)7-12/h3-4,7,15,28H,5-6,8-11H2,1-2H3. The number of halogens is 5. The first-order valence-electron chi connectivity index (χ1n) is 11.5. The molecule has 204 valence electrons. The van der Waals surface area contributed by atoms with Crippen molar-refractivity contribution in [1.82, 2.24) is 30.0 Å².